The lowest BCUT2D eigenvalue weighted by Gasteiger charge is -2.22. The van der Waals surface area contributed by atoms with Crippen LogP contribution in [0.2, 0.25) is 0 Å². The summed E-state index contributed by atoms with van der Waals surface area (Å²) in [5, 5.41) is 9.11. The predicted molar refractivity (Wildman–Crippen MR) is 74.7 cm³/mol. The number of rotatable bonds is 2. The Balaban J connectivity index is 1.86. The Bertz CT molecular complexity index is 673. The largest absolute Gasteiger partial charge is 0.329 e. The second-order valence-corrected chi connectivity index (χ2v) is 5.82. The molecule has 2 aromatic heterocycles. The van der Waals surface area contributed by atoms with Crippen LogP contribution < -0.4 is 5.56 Å². The fourth-order valence-corrected chi connectivity index (χ4v) is 3.12. The van der Waals surface area contributed by atoms with Crippen LogP contribution in [0.4, 0.5) is 0 Å². The molecule has 1 atom stereocenters. The number of H-pyrrole nitrogens is 1. The molecular weight excluding hydrogens is 276 g/mol. The van der Waals surface area contributed by atoms with Crippen molar-refractivity contribution in [2.45, 2.75) is 25.8 Å². The molecular formula is C13H14N4O2S. The average molecular weight is 290 g/mol. The maximum absolute atomic E-state index is 12.5. The second kappa shape index (κ2) is 5.16. The van der Waals surface area contributed by atoms with Gasteiger partial charge in [0.15, 0.2) is 0 Å². The van der Waals surface area contributed by atoms with E-state index in [1.54, 1.807) is 16.2 Å². The Morgan fingerprint density at radius 2 is 2.35 bits per heavy atom. The molecule has 0 aliphatic carbocycles. The van der Waals surface area contributed by atoms with Crippen LogP contribution in [-0.4, -0.2) is 32.5 Å². The summed E-state index contributed by atoms with van der Waals surface area (Å²) >= 11 is 1.59. The van der Waals surface area contributed by atoms with Gasteiger partial charge in [-0.15, -0.1) is 11.3 Å². The fourth-order valence-electron chi connectivity index (χ4n) is 2.46. The van der Waals surface area contributed by atoms with Gasteiger partial charge >= 0.3 is 0 Å². The number of aryl methyl sites for hydroxylation is 1. The number of nitrogens with one attached hydrogen (secondary N) is 1. The number of aromatic nitrogens is 3. The summed E-state index contributed by atoms with van der Waals surface area (Å²) in [6.07, 6.45) is 1.87. The van der Waals surface area contributed by atoms with Gasteiger partial charge in [-0.25, -0.2) is 10.1 Å². The van der Waals surface area contributed by atoms with Gasteiger partial charge in [-0.3, -0.25) is 9.59 Å². The number of aromatic amines is 1. The van der Waals surface area contributed by atoms with Gasteiger partial charge in [-0.05, 0) is 25.8 Å². The third-order valence-corrected chi connectivity index (χ3v) is 4.18. The van der Waals surface area contributed by atoms with Crippen LogP contribution in [-0.2, 0) is 0 Å². The van der Waals surface area contributed by atoms with Crippen molar-refractivity contribution in [3.8, 4) is 0 Å². The smallest absolute Gasteiger partial charge is 0.274 e. The van der Waals surface area contributed by atoms with Crippen molar-refractivity contribution in [1.82, 2.24) is 20.1 Å². The van der Waals surface area contributed by atoms with Crippen molar-refractivity contribution >= 4 is 17.2 Å². The Kier molecular flexibility index (Phi) is 3.35. The molecule has 104 valence electrons. The molecule has 0 saturated carbocycles. The molecule has 1 amide bonds. The molecule has 20 heavy (non-hydrogen) atoms. The number of carbonyl (C=O) groups excluding carboxylic acids is 1. The molecule has 0 spiro atoms. The number of hydrogen-bond acceptors (Lipinski definition) is 5. The van der Waals surface area contributed by atoms with Gasteiger partial charge in [0.25, 0.3) is 11.5 Å². The minimum Gasteiger partial charge on any atom is -0.329 e. The number of carbonyl (C=O) groups is 1. The zero-order valence-electron chi connectivity index (χ0n) is 11.0. The lowest BCUT2D eigenvalue weighted by atomic mass is 10.1. The van der Waals surface area contributed by atoms with Crippen molar-refractivity contribution in [2.75, 3.05) is 6.54 Å². The first-order chi connectivity index (χ1) is 9.65. The highest BCUT2D eigenvalue weighted by molar-refractivity contribution is 7.09. The van der Waals surface area contributed by atoms with Crippen LogP contribution >= 0.6 is 11.3 Å². The predicted octanol–water partition coefficient (Wildman–Crippen LogP) is 1.51. The maximum atomic E-state index is 12.5. The zero-order valence-corrected chi connectivity index (χ0v) is 11.8. The number of nitrogens with zero attached hydrogens (tertiary/aromatic N) is 3. The van der Waals surface area contributed by atoms with Crippen LogP contribution in [0.1, 0.15) is 40.1 Å². The highest BCUT2D eigenvalue weighted by Gasteiger charge is 2.32. The van der Waals surface area contributed by atoms with E-state index in [-0.39, 0.29) is 23.2 Å². The van der Waals surface area contributed by atoms with E-state index in [4.69, 9.17) is 0 Å². The molecule has 1 aliphatic rings. The molecule has 1 saturated heterocycles. The SMILES string of the molecule is Cc1nc(C2CCCN2C(=O)c2ccc(=O)[nH]n2)cs1. The molecule has 3 rings (SSSR count). The molecule has 2 aromatic rings. The van der Waals surface area contributed by atoms with Crippen molar-refractivity contribution in [3.63, 3.8) is 0 Å². The minimum atomic E-state index is -0.311. The summed E-state index contributed by atoms with van der Waals surface area (Å²) < 4.78 is 0. The Labute approximate surface area is 119 Å². The van der Waals surface area contributed by atoms with Gasteiger partial charge in [-0.1, -0.05) is 0 Å². The third-order valence-electron chi connectivity index (χ3n) is 3.39. The van der Waals surface area contributed by atoms with Gasteiger partial charge in [0.2, 0.25) is 0 Å². The van der Waals surface area contributed by atoms with Crippen LogP contribution in [0.5, 0.6) is 0 Å². The van der Waals surface area contributed by atoms with Crippen LogP contribution in [0, 0.1) is 6.92 Å². The van der Waals surface area contributed by atoms with E-state index < -0.39 is 0 Å². The lowest BCUT2D eigenvalue weighted by molar-refractivity contribution is 0.0726. The van der Waals surface area contributed by atoms with Crippen LogP contribution in [0.3, 0.4) is 0 Å². The van der Waals surface area contributed by atoms with E-state index >= 15 is 0 Å². The van der Waals surface area contributed by atoms with Gasteiger partial charge in [0, 0.05) is 18.0 Å². The summed E-state index contributed by atoms with van der Waals surface area (Å²) in [5.41, 5.74) is 0.904. The van der Waals surface area contributed by atoms with Gasteiger partial charge in [0.05, 0.1) is 16.7 Å². The Morgan fingerprint density at radius 1 is 1.50 bits per heavy atom. The molecule has 1 N–H and O–H groups in total. The summed E-state index contributed by atoms with van der Waals surface area (Å²) in [5.74, 6) is -0.158. The Hall–Kier alpha value is -2.02. The second-order valence-electron chi connectivity index (χ2n) is 4.75. The van der Waals surface area contributed by atoms with Crippen molar-refractivity contribution < 1.29 is 4.79 Å². The molecule has 6 nitrogen and oxygen atoms in total. The molecule has 7 heteroatoms. The molecule has 0 bridgehead atoms. The Morgan fingerprint density at radius 3 is 3.00 bits per heavy atom. The normalized spacial score (nSPS) is 18.4. The van der Waals surface area contributed by atoms with Crippen molar-refractivity contribution in [1.29, 1.82) is 0 Å². The van der Waals surface area contributed by atoms with Gasteiger partial charge in [0.1, 0.15) is 5.69 Å². The third kappa shape index (κ3) is 2.36. The number of amides is 1. The summed E-state index contributed by atoms with van der Waals surface area (Å²) in [4.78, 5) is 29.7. The highest BCUT2D eigenvalue weighted by atomic mass is 32.1. The monoisotopic (exact) mass is 290 g/mol. The fraction of sp³-hybridized carbons (Fsp3) is 0.385. The molecule has 3 heterocycles. The summed E-state index contributed by atoms with van der Waals surface area (Å²) in [6, 6.07) is 2.79. The summed E-state index contributed by atoms with van der Waals surface area (Å²) in [6.45, 7) is 2.65. The maximum Gasteiger partial charge on any atom is 0.274 e. The first-order valence-corrected chi connectivity index (χ1v) is 7.32. The van der Waals surface area contributed by atoms with E-state index in [2.05, 4.69) is 15.2 Å². The standard InChI is InChI=1S/C13H14N4O2S/c1-8-14-10(7-20-8)11-3-2-6-17(11)13(19)9-4-5-12(18)16-15-9/h4-5,7,11H,2-3,6H2,1H3,(H,16,18). The summed E-state index contributed by atoms with van der Waals surface area (Å²) in [7, 11) is 0. The van der Waals surface area contributed by atoms with E-state index in [0.29, 0.717) is 6.54 Å². The molecule has 1 unspecified atom stereocenters. The van der Waals surface area contributed by atoms with Gasteiger partial charge < -0.3 is 4.90 Å². The number of thiazole rings is 1. The van der Waals surface area contributed by atoms with Crippen molar-refractivity contribution in [3.05, 3.63) is 44.3 Å². The van der Waals surface area contributed by atoms with E-state index in [9.17, 15) is 9.59 Å². The average Bonchev–Trinajstić information content (AvgIpc) is 3.07. The van der Waals surface area contributed by atoms with Crippen LogP contribution in [0.15, 0.2) is 22.3 Å². The van der Waals surface area contributed by atoms with Crippen LogP contribution in [0.25, 0.3) is 0 Å². The molecule has 1 aliphatic heterocycles. The van der Waals surface area contributed by atoms with E-state index in [1.165, 1.54) is 12.1 Å². The molecule has 0 radical (unpaired) electrons. The van der Waals surface area contributed by atoms with Gasteiger partial charge in [-0.2, -0.15) is 5.10 Å². The first-order valence-electron chi connectivity index (χ1n) is 6.44. The number of likely N-dealkylation sites (tertiary alicyclic amines) is 1. The number of hydrogen-bond donors (Lipinski definition) is 1. The lowest BCUT2D eigenvalue weighted by Crippen LogP contribution is -2.32. The zero-order chi connectivity index (χ0) is 14.1. The van der Waals surface area contributed by atoms with E-state index in [1.807, 2.05) is 12.3 Å². The van der Waals surface area contributed by atoms with E-state index in [0.717, 1.165) is 23.5 Å². The van der Waals surface area contributed by atoms with Crippen molar-refractivity contribution in [2.24, 2.45) is 0 Å². The quantitative estimate of drug-likeness (QED) is 0.909. The molecule has 1 fully saturated rings. The first kappa shape index (κ1) is 13.0. The minimum absolute atomic E-state index is 0.0150. The topological polar surface area (TPSA) is 79.0 Å². The highest BCUT2D eigenvalue weighted by Crippen LogP contribution is 2.33. The molecule has 0 aromatic carbocycles.